The fourth-order valence-electron chi connectivity index (χ4n) is 2.98. The van der Waals surface area contributed by atoms with Crippen LogP contribution < -0.4 is 5.32 Å². The molecule has 1 aromatic rings. The Morgan fingerprint density at radius 3 is 2.77 bits per heavy atom. The maximum atomic E-state index is 13.7. The molecule has 1 fully saturated rings. The van der Waals surface area contributed by atoms with Crippen LogP contribution in [0.4, 0.5) is 13.6 Å². The first-order chi connectivity index (χ1) is 12.2. The standard InChI is InChI=1S/C20H28F2N2O2/c1-14(10-15-7-8-16(21)11-18(15)22)12-23-13-17-6-5-9-24(17)19(25)26-20(2,3)4/h7-8,10-11,17,23H,5-6,9,12-13H2,1-4H3/t17-/m0/s1. The van der Waals surface area contributed by atoms with E-state index in [1.807, 2.05) is 27.7 Å². The summed E-state index contributed by atoms with van der Waals surface area (Å²) in [5.74, 6) is -1.16. The van der Waals surface area contributed by atoms with Crippen molar-refractivity contribution in [3.05, 3.63) is 41.0 Å². The highest BCUT2D eigenvalue weighted by molar-refractivity contribution is 5.69. The van der Waals surface area contributed by atoms with E-state index in [1.165, 1.54) is 12.1 Å². The van der Waals surface area contributed by atoms with Crippen molar-refractivity contribution >= 4 is 12.2 Å². The van der Waals surface area contributed by atoms with Gasteiger partial charge in [-0.15, -0.1) is 0 Å². The van der Waals surface area contributed by atoms with Gasteiger partial charge < -0.3 is 15.0 Å². The largest absolute Gasteiger partial charge is 0.444 e. The van der Waals surface area contributed by atoms with E-state index in [1.54, 1.807) is 11.0 Å². The highest BCUT2D eigenvalue weighted by Crippen LogP contribution is 2.20. The molecule has 0 aromatic heterocycles. The van der Waals surface area contributed by atoms with Crippen molar-refractivity contribution in [1.82, 2.24) is 10.2 Å². The minimum absolute atomic E-state index is 0.0974. The van der Waals surface area contributed by atoms with Gasteiger partial charge in [-0.25, -0.2) is 13.6 Å². The lowest BCUT2D eigenvalue weighted by molar-refractivity contribution is 0.0227. The van der Waals surface area contributed by atoms with Gasteiger partial charge in [0.1, 0.15) is 17.2 Å². The second kappa shape index (κ2) is 8.62. The normalized spacial score (nSPS) is 18.3. The van der Waals surface area contributed by atoms with Crippen LogP contribution in [0.5, 0.6) is 0 Å². The number of benzene rings is 1. The van der Waals surface area contributed by atoms with Crippen LogP contribution in [-0.4, -0.2) is 42.3 Å². The topological polar surface area (TPSA) is 41.6 Å². The molecule has 0 bridgehead atoms. The van der Waals surface area contributed by atoms with E-state index in [0.717, 1.165) is 24.5 Å². The van der Waals surface area contributed by atoms with Gasteiger partial charge in [0.15, 0.2) is 0 Å². The van der Waals surface area contributed by atoms with Crippen LogP contribution in [0.25, 0.3) is 6.08 Å². The second-order valence-corrected chi connectivity index (χ2v) is 7.76. The molecule has 6 heteroatoms. The van der Waals surface area contributed by atoms with Gasteiger partial charge in [-0.2, -0.15) is 0 Å². The third-order valence-corrected chi connectivity index (χ3v) is 4.15. The minimum Gasteiger partial charge on any atom is -0.444 e. The average molecular weight is 366 g/mol. The first-order valence-electron chi connectivity index (χ1n) is 8.98. The van der Waals surface area contributed by atoms with E-state index in [2.05, 4.69) is 5.32 Å². The number of amides is 1. The van der Waals surface area contributed by atoms with Crippen molar-refractivity contribution < 1.29 is 18.3 Å². The molecule has 1 atom stereocenters. The second-order valence-electron chi connectivity index (χ2n) is 7.76. The number of likely N-dealkylation sites (tertiary alicyclic amines) is 1. The molecule has 0 saturated carbocycles. The maximum absolute atomic E-state index is 13.7. The lowest BCUT2D eigenvalue weighted by Crippen LogP contribution is -2.44. The number of ether oxygens (including phenoxy) is 1. The van der Waals surface area contributed by atoms with Crippen molar-refractivity contribution in [2.45, 2.75) is 52.2 Å². The zero-order chi connectivity index (χ0) is 19.3. The van der Waals surface area contributed by atoms with Gasteiger partial charge in [-0.05, 0) is 52.7 Å². The summed E-state index contributed by atoms with van der Waals surface area (Å²) in [6, 6.07) is 3.65. The summed E-state index contributed by atoms with van der Waals surface area (Å²) in [6.07, 6.45) is 3.31. The molecular formula is C20H28F2N2O2. The first-order valence-corrected chi connectivity index (χ1v) is 8.98. The molecule has 1 aromatic carbocycles. The number of halogens is 2. The molecule has 1 saturated heterocycles. The van der Waals surface area contributed by atoms with Gasteiger partial charge in [-0.1, -0.05) is 11.6 Å². The van der Waals surface area contributed by atoms with Crippen LogP contribution in [0.3, 0.4) is 0 Å². The van der Waals surface area contributed by atoms with Crippen LogP contribution in [0, 0.1) is 11.6 Å². The fraction of sp³-hybridized carbons (Fsp3) is 0.550. The molecule has 1 N–H and O–H groups in total. The Kier molecular flexibility index (Phi) is 6.75. The summed E-state index contributed by atoms with van der Waals surface area (Å²) in [6.45, 7) is 9.38. The van der Waals surface area contributed by atoms with Crippen LogP contribution in [-0.2, 0) is 4.74 Å². The average Bonchev–Trinajstić information content (AvgIpc) is 2.97. The van der Waals surface area contributed by atoms with E-state index >= 15 is 0 Å². The monoisotopic (exact) mass is 366 g/mol. The van der Waals surface area contributed by atoms with Gasteiger partial charge >= 0.3 is 6.09 Å². The zero-order valence-electron chi connectivity index (χ0n) is 15.9. The Labute approximate surface area is 154 Å². The van der Waals surface area contributed by atoms with Crippen molar-refractivity contribution in [2.75, 3.05) is 19.6 Å². The quantitative estimate of drug-likeness (QED) is 0.842. The summed E-state index contributed by atoms with van der Waals surface area (Å²) in [4.78, 5) is 14.0. The van der Waals surface area contributed by atoms with Crippen LogP contribution in [0.15, 0.2) is 23.8 Å². The summed E-state index contributed by atoms with van der Waals surface area (Å²) < 4.78 is 32.1. The maximum Gasteiger partial charge on any atom is 0.410 e. The summed E-state index contributed by atoms with van der Waals surface area (Å²) in [5.41, 5.74) is 0.787. The number of nitrogens with zero attached hydrogens (tertiary/aromatic N) is 1. The molecule has 144 valence electrons. The van der Waals surface area contributed by atoms with Crippen molar-refractivity contribution in [1.29, 1.82) is 0 Å². The van der Waals surface area contributed by atoms with Crippen molar-refractivity contribution in [2.24, 2.45) is 0 Å². The molecule has 4 nitrogen and oxygen atoms in total. The number of carbonyl (C=O) groups excluding carboxylic acids is 1. The van der Waals surface area contributed by atoms with Gasteiger partial charge in [0.05, 0.1) is 0 Å². The summed E-state index contributed by atoms with van der Waals surface area (Å²) in [7, 11) is 0. The molecule has 1 aliphatic rings. The number of rotatable bonds is 5. The molecule has 2 rings (SSSR count). The van der Waals surface area contributed by atoms with E-state index < -0.39 is 17.2 Å². The molecule has 26 heavy (non-hydrogen) atoms. The molecule has 1 amide bonds. The Morgan fingerprint density at radius 2 is 2.12 bits per heavy atom. The zero-order valence-corrected chi connectivity index (χ0v) is 15.9. The fourth-order valence-corrected chi connectivity index (χ4v) is 2.98. The SMILES string of the molecule is CC(=Cc1ccc(F)cc1F)CNC[C@@H]1CCCN1C(=O)OC(C)(C)C. The van der Waals surface area contributed by atoms with Crippen molar-refractivity contribution in [3.8, 4) is 0 Å². The molecular weight excluding hydrogens is 338 g/mol. The Bertz CT molecular complexity index is 668. The highest BCUT2D eigenvalue weighted by atomic mass is 19.1. The Balaban J connectivity index is 1.86. The summed E-state index contributed by atoms with van der Waals surface area (Å²) in [5, 5.41) is 3.31. The van der Waals surface area contributed by atoms with Crippen molar-refractivity contribution in [3.63, 3.8) is 0 Å². The molecule has 0 unspecified atom stereocenters. The van der Waals surface area contributed by atoms with E-state index in [4.69, 9.17) is 4.74 Å². The van der Waals surface area contributed by atoms with E-state index in [9.17, 15) is 13.6 Å². The molecule has 0 spiro atoms. The molecule has 0 radical (unpaired) electrons. The lowest BCUT2D eigenvalue weighted by atomic mass is 10.1. The molecule has 1 aliphatic heterocycles. The van der Waals surface area contributed by atoms with Crippen LogP contribution >= 0.6 is 0 Å². The third-order valence-electron chi connectivity index (χ3n) is 4.15. The predicted octanol–water partition coefficient (Wildman–Crippen LogP) is 4.36. The van der Waals surface area contributed by atoms with Gasteiger partial charge in [-0.3, -0.25) is 0 Å². The highest BCUT2D eigenvalue weighted by Gasteiger charge is 2.31. The number of hydrogen-bond donors (Lipinski definition) is 1. The minimum atomic E-state index is -0.584. The van der Waals surface area contributed by atoms with E-state index in [0.29, 0.717) is 25.2 Å². The number of carbonyl (C=O) groups is 1. The number of hydrogen-bond acceptors (Lipinski definition) is 3. The first kappa shape index (κ1) is 20.4. The third kappa shape index (κ3) is 6.09. The van der Waals surface area contributed by atoms with Gasteiger partial charge in [0.25, 0.3) is 0 Å². The Hall–Kier alpha value is -1.95. The van der Waals surface area contributed by atoms with Gasteiger partial charge in [0.2, 0.25) is 0 Å². The van der Waals surface area contributed by atoms with Crippen LogP contribution in [0.2, 0.25) is 0 Å². The molecule has 0 aliphatic carbocycles. The molecule has 1 heterocycles. The van der Waals surface area contributed by atoms with Gasteiger partial charge in [0, 0.05) is 37.3 Å². The smallest absolute Gasteiger partial charge is 0.410 e. The predicted molar refractivity (Wildman–Crippen MR) is 98.8 cm³/mol. The Morgan fingerprint density at radius 1 is 1.38 bits per heavy atom. The summed E-state index contributed by atoms with van der Waals surface area (Å²) >= 11 is 0. The van der Waals surface area contributed by atoms with E-state index in [-0.39, 0.29) is 12.1 Å². The van der Waals surface area contributed by atoms with Crippen LogP contribution in [0.1, 0.15) is 46.1 Å². The number of nitrogens with one attached hydrogen (secondary N) is 1. The lowest BCUT2D eigenvalue weighted by Gasteiger charge is -2.28.